The number of amides is 1. The van der Waals surface area contributed by atoms with Crippen molar-refractivity contribution < 1.29 is 4.79 Å². The van der Waals surface area contributed by atoms with E-state index in [1.807, 2.05) is 39.2 Å². The molecule has 1 N–H and O–H groups in total. The highest BCUT2D eigenvalue weighted by Gasteiger charge is 2.15. The van der Waals surface area contributed by atoms with Gasteiger partial charge in [-0.2, -0.15) is 0 Å². The van der Waals surface area contributed by atoms with E-state index in [9.17, 15) is 4.79 Å². The molecule has 3 nitrogen and oxygen atoms in total. The minimum atomic E-state index is -0.0588. The topological polar surface area (TPSA) is 32.3 Å². The first-order valence-electron chi connectivity index (χ1n) is 5.92. The Balaban J connectivity index is 2.51. The lowest BCUT2D eigenvalue weighted by molar-refractivity contribution is -0.116. The summed E-state index contributed by atoms with van der Waals surface area (Å²) in [5.41, 5.74) is 0. The maximum absolute atomic E-state index is 11.6. The van der Waals surface area contributed by atoms with Crippen LogP contribution in [0.25, 0.3) is 0 Å². The van der Waals surface area contributed by atoms with Crippen molar-refractivity contribution in [2.75, 3.05) is 20.6 Å². The van der Waals surface area contributed by atoms with E-state index in [1.54, 1.807) is 23.5 Å². The van der Waals surface area contributed by atoms with Gasteiger partial charge < -0.3 is 10.2 Å². The van der Waals surface area contributed by atoms with Crippen LogP contribution in [-0.2, 0) is 4.79 Å². The SMILES string of the molecule is C/C=C/C=C/C(=O)NCC(c1cccs1)N(C)C. The largest absolute Gasteiger partial charge is 0.351 e. The Bertz CT molecular complexity index is 407. The van der Waals surface area contributed by atoms with Crippen molar-refractivity contribution in [3.8, 4) is 0 Å². The van der Waals surface area contributed by atoms with Crippen molar-refractivity contribution in [2.24, 2.45) is 0 Å². The summed E-state index contributed by atoms with van der Waals surface area (Å²) in [5.74, 6) is -0.0588. The average Bonchev–Trinajstić information content (AvgIpc) is 2.83. The molecule has 0 aromatic carbocycles. The van der Waals surface area contributed by atoms with Gasteiger partial charge in [-0.1, -0.05) is 24.3 Å². The molecule has 0 saturated heterocycles. The molecule has 0 aliphatic rings. The first-order chi connectivity index (χ1) is 8.65. The molecule has 1 amide bonds. The van der Waals surface area contributed by atoms with Gasteiger partial charge in [0.2, 0.25) is 5.91 Å². The number of allylic oxidation sites excluding steroid dienone is 3. The summed E-state index contributed by atoms with van der Waals surface area (Å²) in [6.07, 6.45) is 7.01. The summed E-state index contributed by atoms with van der Waals surface area (Å²) in [6, 6.07) is 4.35. The Morgan fingerprint density at radius 1 is 1.50 bits per heavy atom. The average molecular weight is 264 g/mol. The number of rotatable bonds is 6. The molecule has 1 aromatic rings. The van der Waals surface area contributed by atoms with E-state index in [0.29, 0.717) is 6.54 Å². The summed E-state index contributed by atoms with van der Waals surface area (Å²) >= 11 is 1.71. The third-order valence-corrected chi connectivity index (χ3v) is 3.49. The number of hydrogen-bond donors (Lipinski definition) is 1. The lowest BCUT2D eigenvalue weighted by Crippen LogP contribution is -2.33. The van der Waals surface area contributed by atoms with Crippen LogP contribution in [0.5, 0.6) is 0 Å². The van der Waals surface area contributed by atoms with Gasteiger partial charge in [-0.25, -0.2) is 0 Å². The lowest BCUT2D eigenvalue weighted by Gasteiger charge is -2.23. The zero-order chi connectivity index (χ0) is 13.4. The van der Waals surface area contributed by atoms with Gasteiger partial charge in [0.1, 0.15) is 0 Å². The van der Waals surface area contributed by atoms with Gasteiger partial charge in [0.05, 0.1) is 6.04 Å². The zero-order valence-electron chi connectivity index (χ0n) is 11.1. The highest BCUT2D eigenvalue weighted by molar-refractivity contribution is 7.10. The van der Waals surface area contributed by atoms with Gasteiger partial charge >= 0.3 is 0 Å². The van der Waals surface area contributed by atoms with Crippen LogP contribution in [0.3, 0.4) is 0 Å². The monoisotopic (exact) mass is 264 g/mol. The van der Waals surface area contributed by atoms with Crippen LogP contribution in [0.15, 0.2) is 41.8 Å². The minimum Gasteiger partial charge on any atom is -0.351 e. The first-order valence-corrected chi connectivity index (χ1v) is 6.80. The number of carbonyl (C=O) groups is 1. The summed E-state index contributed by atoms with van der Waals surface area (Å²) in [6.45, 7) is 2.54. The standard InChI is InChI=1S/C14H20N2OS/c1-4-5-6-9-14(17)15-11-12(16(2)3)13-8-7-10-18-13/h4-10,12H,11H2,1-3H3,(H,15,17)/b5-4+,9-6+. The molecule has 1 heterocycles. The minimum absolute atomic E-state index is 0.0588. The van der Waals surface area contributed by atoms with Gasteiger partial charge in [-0.05, 0) is 32.5 Å². The van der Waals surface area contributed by atoms with Crippen molar-refractivity contribution in [1.29, 1.82) is 0 Å². The van der Waals surface area contributed by atoms with Crippen LogP contribution < -0.4 is 5.32 Å². The normalized spacial score (nSPS) is 13.6. The molecule has 0 spiro atoms. The van der Waals surface area contributed by atoms with Crippen molar-refractivity contribution in [3.05, 3.63) is 46.7 Å². The van der Waals surface area contributed by atoms with Crippen LogP contribution in [0.2, 0.25) is 0 Å². The van der Waals surface area contributed by atoms with E-state index in [-0.39, 0.29) is 11.9 Å². The molecule has 0 radical (unpaired) electrons. The predicted molar refractivity (Wildman–Crippen MR) is 77.7 cm³/mol. The Morgan fingerprint density at radius 3 is 2.83 bits per heavy atom. The zero-order valence-corrected chi connectivity index (χ0v) is 11.9. The van der Waals surface area contributed by atoms with Crippen molar-refractivity contribution in [1.82, 2.24) is 10.2 Å². The third-order valence-electron chi connectivity index (χ3n) is 2.52. The molecular weight excluding hydrogens is 244 g/mol. The van der Waals surface area contributed by atoms with Gasteiger partial charge in [0.15, 0.2) is 0 Å². The number of nitrogens with zero attached hydrogens (tertiary/aromatic N) is 1. The Hall–Kier alpha value is -1.39. The fourth-order valence-corrected chi connectivity index (χ4v) is 2.45. The third kappa shape index (κ3) is 4.85. The number of likely N-dealkylation sites (N-methyl/N-ethyl adjacent to an activating group) is 1. The van der Waals surface area contributed by atoms with Gasteiger partial charge in [-0.15, -0.1) is 11.3 Å². The van der Waals surface area contributed by atoms with Gasteiger partial charge in [-0.3, -0.25) is 4.79 Å². The van der Waals surface area contributed by atoms with E-state index < -0.39 is 0 Å². The highest BCUT2D eigenvalue weighted by atomic mass is 32.1. The number of thiophene rings is 1. The van der Waals surface area contributed by atoms with Crippen LogP contribution in [-0.4, -0.2) is 31.4 Å². The maximum Gasteiger partial charge on any atom is 0.244 e. The van der Waals surface area contributed by atoms with E-state index in [1.165, 1.54) is 4.88 Å². The Kier molecular flexibility index (Phi) is 6.39. The fourth-order valence-electron chi connectivity index (χ4n) is 1.53. The molecule has 4 heteroatoms. The number of carbonyl (C=O) groups excluding carboxylic acids is 1. The molecule has 18 heavy (non-hydrogen) atoms. The van der Waals surface area contributed by atoms with Crippen molar-refractivity contribution in [3.63, 3.8) is 0 Å². The summed E-state index contributed by atoms with van der Waals surface area (Å²) in [5, 5.41) is 4.97. The molecule has 1 rings (SSSR count). The van der Waals surface area contributed by atoms with Crippen molar-refractivity contribution in [2.45, 2.75) is 13.0 Å². The summed E-state index contributed by atoms with van der Waals surface area (Å²) in [4.78, 5) is 14.9. The molecule has 0 fully saturated rings. The molecule has 0 bridgehead atoms. The smallest absolute Gasteiger partial charge is 0.244 e. The maximum atomic E-state index is 11.6. The van der Waals surface area contributed by atoms with E-state index >= 15 is 0 Å². The Morgan fingerprint density at radius 2 is 2.28 bits per heavy atom. The molecule has 98 valence electrons. The van der Waals surface area contributed by atoms with Gasteiger partial charge in [0.25, 0.3) is 0 Å². The number of hydrogen-bond acceptors (Lipinski definition) is 3. The summed E-state index contributed by atoms with van der Waals surface area (Å²) in [7, 11) is 4.04. The van der Waals surface area contributed by atoms with E-state index in [2.05, 4.69) is 21.7 Å². The summed E-state index contributed by atoms with van der Waals surface area (Å²) < 4.78 is 0. The molecule has 1 atom stereocenters. The van der Waals surface area contributed by atoms with E-state index in [4.69, 9.17) is 0 Å². The molecule has 0 saturated carbocycles. The Labute approximate surface area is 113 Å². The lowest BCUT2D eigenvalue weighted by atomic mass is 10.2. The number of nitrogens with one attached hydrogen (secondary N) is 1. The predicted octanol–water partition coefficient (Wildman–Crippen LogP) is 2.60. The molecule has 0 aliphatic carbocycles. The van der Waals surface area contributed by atoms with Gasteiger partial charge in [0, 0.05) is 17.5 Å². The van der Waals surface area contributed by atoms with Crippen LogP contribution >= 0.6 is 11.3 Å². The fraction of sp³-hybridized carbons (Fsp3) is 0.357. The van der Waals surface area contributed by atoms with E-state index in [0.717, 1.165) is 0 Å². The second kappa shape index (κ2) is 7.84. The molecule has 0 aliphatic heterocycles. The van der Waals surface area contributed by atoms with Crippen LogP contribution in [0.1, 0.15) is 17.8 Å². The highest BCUT2D eigenvalue weighted by Crippen LogP contribution is 2.22. The molecular formula is C14H20N2OS. The van der Waals surface area contributed by atoms with Crippen molar-refractivity contribution >= 4 is 17.2 Å². The second-order valence-electron chi connectivity index (χ2n) is 4.12. The second-order valence-corrected chi connectivity index (χ2v) is 5.10. The van der Waals surface area contributed by atoms with Crippen LogP contribution in [0, 0.1) is 0 Å². The molecule has 1 aromatic heterocycles. The van der Waals surface area contributed by atoms with Crippen LogP contribution in [0.4, 0.5) is 0 Å². The quantitative estimate of drug-likeness (QED) is 0.633. The first kappa shape index (κ1) is 14.7. The molecule has 1 unspecified atom stereocenters.